The molecule has 1 aliphatic rings. The number of halogens is 1. The SMILES string of the molecule is Cc1nc2c(nnn2[C@@H]2O[C@H](CO[Si](C)(C)C(C)(C)C)[C@@H](O[Si](C)(C)C(C)(C)C)[C@@H]2F)c(=O)[nH]1. The quantitative estimate of drug-likeness (QED) is 0.568. The van der Waals surface area contributed by atoms with Crippen molar-refractivity contribution in [2.45, 2.75) is 109 Å². The van der Waals surface area contributed by atoms with E-state index in [0.29, 0.717) is 5.82 Å². The molecule has 1 N–H and O–H groups in total. The zero-order chi connectivity index (χ0) is 25.9. The van der Waals surface area contributed by atoms with E-state index in [0.717, 1.165) is 0 Å². The van der Waals surface area contributed by atoms with Crippen LogP contribution in [0.4, 0.5) is 4.39 Å². The number of nitrogens with zero attached hydrogens (tertiary/aromatic N) is 4. The Hall–Kier alpha value is -1.48. The Morgan fingerprint density at radius 1 is 1.09 bits per heavy atom. The molecule has 1 saturated heterocycles. The lowest BCUT2D eigenvalue weighted by Crippen LogP contribution is -2.50. The van der Waals surface area contributed by atoms with Crippen LogP contribution >= 0.6 is 0 Å². The standard InChI is InChI=1S/C22H40FN5O4Si2/c1-13-24-18-16(19(29)25-13)26-27-28(18)20-15(23)17(32-34(10,11)22(5,6)7)14(31-20)12-30-33(8,9)21(2,3)4/h14-15,17,20H,12H2,1-11H3,(H,24,25,29)/t14-,15+,17-,20-/m1/s1. The van der Waals surface area contributed by atoms with E-state index in [1.807, 2.05) is 0 Å². The minimum Gasteiger partial charge on any atom is -0.414 e. The number of fused-ring (bicyclic) bond motifs is 1. The molecule has 9 nitrogen and oxygen atoms in total. The molecule has 12 heteroatoms. The van der Waals surface area contributed by atoms with Crippen LogP contribution in [-0.2, 0) is 13.6 Å². The van der Waals surface area contributed by atoms with E-state index in [-0.39, 0.29) is 27.8 Å². The van der Waals surface area contributed by atoms with Gasteiger partial charge in [-0.2, -0.15) is 4.68 Å². The summed E-state index contributed by atoms with van der Waals surface area (Å²) in [5.74, 6) is 0.390. The van der Waals surface area contributed by atoms with E-state index in [1.54, 1.807) is 6.92 Å². The lowest BCUT2D eigenvalue weighted by molar-refractivity contribution is -0.0477. The van der Waals surface area contributed by atoms with Crippen LogP contribution < -0.4 is 5.56 Å². The maximum absolute atomic E-state index is 16.1. The van der Waals surface area contributed by atoms with Gasteiger partial charge in [-0.25, -0.2) is 9.37 Å². The lowest BCUT2D eigenvalue weighted by Gasteiger charge is -2.40. The summed E-state index contributed by atoms with van der Waals surface area (Å²) in [5, 5.41) is 7.85. The molecule has 0 saturated carbocycles. The Morgan fingerprint density at radius 2 is 1.68 bits per heavy atom. The second kappa shape index (κ2) is 8.88. The van der Waals surface area contributed by atoms with Gasteiger partial charge in [0.2, 0.25) is 0 Å². The number of alkyl halides is 1. The number of nitrogens with one attached hydrogen (secondary N) is 1. The number of aromatic amines is 1. The minimum absolute atomic E-state index is 0.000482. The van der Waals surface area contributed by atoms with Crippen LogP contribution in [0.5, 0.6) is 0 Å². The van der Waals surface area contributed by atoms with Crippen LogP contribution in [-0.4, -0.2) is 66.6 Å². The molecule has 2 aromatic rings. The molecule has 0 radical (unpaired) electrons. The molecular weight excluding hydrogens is 473 g/mol. The first-order valence-corrected chi connectivity index (χ1v) is 17.6. The summed E-state index contributed by atoms with van der Waals surface area (Å²) in [7, 11) is -4.44. The van der Waals surface area contributed by atoms with Crippen molar-refractivity contribution in [1.29, 1.82) is 0 Å². The molecule has 1 aliphatic heterocycles. The number of aromatic nitrogens is 5. The first-order valence-electron chi connectivity index (χ1n) is 11.8. The van der Waals surface area contributed by atoms with Crippen molar-refractivity contribution in [2.24, 2.45) is 0 Å². The predicted octanol–water partition coefficient (Wildman–Crippen LogP) is 4.47. The van der Waals surface area contributed by atoms with Gasteiger partial charge >= 0.3 is 0 Å². The highest BCUT2D eigenvalue weighted by molar-refractivity contribution is 6.74. The fourth-order valence-electron chi connectivity index (χ4n) is 3.31. The predicted molar refractivity (Wildman–Crippen MR) is 135 cm³/mol. The molecule has 4 atom stereocenters. The number of hydrogen-bond donors (Lipinski definition) is 1. The molecule has 2 aromatic heterocycles. The van der Waals surface area contributed by atoms with Crippen molar-refractivity contribution in [3.8, 4) is 0 Å². The molecule has 34 heavy (non-hydrogen) atoms. The second-order valence-corrected chi connectivity index (χ2v) is 21.8. The fraction of sp³-hybridized carbons (Fsp3) is 0.818. The van der Waals surface area contributed by atoms with E-state index in [9.17, 15) is 4.79 Å². The third-order valence-corrected chi connectivity index (χ3v) is 16.6. The molecule has 0 bridgehead atoms. The van der Waals surface area contributed by atoms with E-state index < -0.39 is 46.8 Å². The molecule has 0 aliphatic carbocycles. The fourth-order valence-corrected chi connectivity index (χ4v) is 5.64. The molecule has 3 rings (SSSR count). The maximum atomic E-state index is 16.1. The summed E-state index contributed by atoms with van der Waals surface area (Å²) in [6, 6.07) is 0. The van der Waals surface area contributed by atoms with Crippen molar-refractivity contribution < 1.29 is 18.0 Å². The topological polar surface area (TPSA) is 104 Å². The highest BCUT2D eigenvalue weighted by Gasteiger charge is 2.53. The van der Waals surface area contributed by atoms with Gasteiger partial charge in [0.15, 0.2) is 40.2 Å². The molecule has 0 unspecified atom stereocenters. The summed E-state index contributed by atoms with van der Waals surface area (Å²) in [6.07, 6.45) is -4.13. The number of hydrogen-bond acceptors (Lipinski definition) is 7. The van der Waals surface area contributed by atoms with Crippen molar-refractivity contribution in [2.75, 3.05) is 6.61 Å². The summed E-state index contributed by atoms with van der Waals surface area (Å²) in [4.78, 5) is 19.2. The van der Waals surface area contributed by atoms with Crippen LogP contribution in [0.1, 0.15) is 53.6 Å². The van der Waals surface area contributed by atoms with E-state index in [1.165, 1.54) is 4.68 Å². The monoisotopic (exact) mass is 513 g/mol. The van der Waals surface area contributed by atoms with Crippen LogP contribution in [0.25, 0.3) is 11.2 Å². The van der Waals surface area contributed by atoms with Crippen molar-refractivity contribution >= 4 is 27.8 Å². The molecule has 0 aromatic carbocycles. The largest absolute Gasteiger partial charge is 0.414 e. The highest BCUT2D eigenvalue weighted by atomic mass is 28.4. The van der Waals surface area contributed by atoms with Gasteiger partial charge in [0.1, 0.15) is 18.0 Å². The van der Waals surface area contributed by atoms with Gasteiger partial charge in [-0.3, -0.25) is 4.79 Å². The molecule has 192 valence electrons. The molecular formula is C22H40FN5O4Si2. The summed E-state index contributed by atoms with van der Waals surface area (Å²) in [5.41, 5.74) is -0.191. The zero-order valence-corrected chi connectivity index (χ0v) is 24.3. The number of rotatable bonds is 6. The Labute approximate surface area is 203 Å². The van der Waals surface area contributed by atoms with Crippen molar-refractivity contribution in [3.05, 3.63) is 16.2 Å². The number of H-pyrrole nitrogens is 1. The van der Waals surface area contributed by atoms with Crippen LogP contribution in [0, 0.1) is 6.92 Å². The van der Waals surface area contributed by atoms with Crippen LogP contribution in [0.15, 0.2) is 4.79 Å². The molecule has 0 spiro atoms. The number of ether oxygens (including phenoxy) is 1. The van der Waals surface area contributed by atoms with Gasteiger partial charge in [0.05, 0.1) is 6.61 Å². The first-order chi connectivity index (χ1) is 15.4. The van der Waals surface area contributed by atoms with Gasteiger partial charge < -0.3 is 18.6 Å². The van der Waals surface area contributed by atoms with Crippen molar-refractivity contribution in [3.63, 3.8) is 0 Å². The Bertz CT molecular complexity index is 1090. The highest BCUT2D eigenvalue weighted by Crippen LogP contribution is 2.43. The van der Waals surface area contributed by atoms with Gasteiger partial charge in [0, 0.05) is 0 Å². The molecule has 0 amide bonds. The van der Waals surface area contributed by atoms with Gasteiger partial charge in [0.25, 0.3) is 5.56 Å². The van der Waals surface area contributed by atoms with Gasteiger partial charge in [-0.15, -0.1) is 5.10 Å². The third-order valence-electron chi connectivity index (χ3n) is 7.61. The Morgan fingerprint density at radius 3 is 2.24 bits per heavy atom. The summed E-state index contributed by atoms with van der Waals surface area (Å²) in [6.45, 7) is 23.2. The van der Waals surface area contributed by atoms with E-state index >= 15 is 4.39 Å². The summed E-state index contributed by atoms with van der Waals surface area (Å²) < 4.78 is 36.5. The normalized spacial score (nSPS) is 24.8. The molecule has 3 heterocycles. The Kier molecular flexibility index (Phi) is 7.08. The maximum Gasteiger partial charge on any atom is 0.281 e. The average Bonchev–Trinajstić information content (AvgIpc) is 3.20. The smallest absolute Gasteiger partial charge is 0.281 e. The van der Waals surface area contributed by atoms with Crippen LogP contribution in [0.3, 0.4) is 0 Å². The van der Waals surface area contributed by atoms with E-state index in [4.69, 9.17) is 13.6 Å². The third kappa shape index (κ3) is 5.06. The van der Waals surface area contributed by atoms with Crippen LogP contribution in [0.2, 0.25) is 36.3 Å². The average molecular weight is 514 g/mol. The Balaban J connectivity index is 1.97. The summed E-state index contributed by atoms with van der Waals surface area (Å²) >= 11 is 0. The number of aryl methyl sites for hydroxylation is 1. The lowest BCUT2D eigenvalue weighted by atomic mass is 10.1. The molecule has 1 fully saturated rings. The van der Waals surface area contributed by atoms with E-state index in [2.05, 4.69) is 88.0 Å². The van der Waals surface area contributed by atoms with Gasteiger partial charge in [-0.05, 0) is 43.2 Å². The first kappa shape index (κ1) is 27.1. The van der Waals surface area contributed by atoms with Gasteiger partial charge in [-0.1, -0.05) is 46.8 Å². The zero-order valence-electron chi connectivity index (χ0n) is 22.3. The minimum atomic E-state index is -2.33. The second-order valence-electron chi connectivity index (χ2n) is 12.3. The van der Waals surface area contributed by atoms with Crippen molar-refractivity contribution in [1.82, 2.24) is 25.0 Å².